The molecular weight excluding hydrogens is 549 g/mol. The molecule has 0 saturated carbocycles. The van der Waals surface area contributed by atoms with Crippen LogP contribution >= 0.6 is 24.4 Å². The van der Waals surface area contributed by atoms with Crippen LogP contribution in [0.15, 0.2) is 23.2 Å². The normalized spacial score (nSPS) is 17.5. The molecule has 8 heteroatoms. The minimum atomic E-state index is -0.355. The van der Waals surface area contributed by atoms with Crippen molar-refractivity contribution in [3.8, 4) is 5.75 Å². The van der Waals surface area contributed by atoms with Gasteiger partial charge < -0.3 is 10.0 Å². The number of likely N-dealkylation sites (N-methyl/N-ethyl adjacent to an activating group) is 1. The number of aliphatic imine (C=N–C) groups is 1. The van der Waals surface area contributed by atoms with Gasteiger partial charge in [-0.1, -0.05) is 0 Å². The summed E-state index contributed by atoms with van der Waals surface area (Å²) in [5.74, 6) is 1.41. The summed E-state index contributed by atoms with van der Waals surface area (Å²) in [4.78, 5) is 6.75. The Morgan fingerprint density at radius 2 is 2.24 bits per heavy atom. The van der Waals surface area contributed by atoms with Crippen molar-refractivity contribution in [3.05, 3.63) is 29.6 Å². The average Bonchev–Trinajstić information content (AvgIpc) is 2.92. The molecule has 0 spiro atoms. The van der Waals surface area contributed by atoms with E-state index in [0.717, 1.165) is 103 Å². The zero-order chi connectivity index (χ0) is 15.8. The first-order valence-electron chi connectivity index (χ1n) is 7.09. The monoisotopic (exact) mass is 566 g/mol. The van der Waals surface area contributed by atoms with Gasteiger partial charge in [0.25, 0.3) is 0 Å². The van der Waals surface area contributed by atoms with Crippen molar-refractivity contribution in [2.24, 2.45) is 4.99 Å². The van der Waals surface area contributed by atoms with E-state index in [1.54, 1.807) is 11.8 Å². The van der Waals surface area contributed by atoms with E-state index in [-0.39, 0.29) is 17.6 Å². The Kier molecular flexibility index (Phi) is 13.6. The van der Waals surface area contributed by atoms with E-state index in [2.05, 4.69) is 22.5 Å². The van der Waals surface area contributed by atoms with Crippen molar-refractivity contribution >= 4 is 103 Å². The molecule has 21 heavy (non-hydrogen) atoms. The maximum absolute atomic E-state index is 13.2. The van der Waals surface area contributed by atoms with Crippen LogP contribution in [0.3, 0.4) is 0 Å². The summed E-state index contributed by atoms with van der Waals surface area (Å²) in [5, 5.41) is 10.5. The molecule has 0 fully saturated rings. The van der Waals surface area contributed by atoms with Crippen LogP contribution in [0.4, 0.5) is 4.39 Å². The maximum atomic E-state index is 13.2. The van der Waals surface area contributed by atoms with Crippen molar-refractivity contribution in [1.29, 1.82) is 0 Å². The van der Waals surface area contributed by atoms with Crippen molar-refractivity contribution in [2.75, 3.05) is 31.6 Å². The fraction of sp³-hybridized carbons (Fsp3) is 0.462. The predicted molar refractivity (Wildman–Crippen MR) is 93.7 cm³/mol. The summed E-state index contributed by atoms with van der Waals surface area (Å²) in [6.07, 6.45) is 0. The summed E-state index contributed by atoms with van der Waals surface area (Å²) < 4.78 is 13.2. The second kappa shape index (κ2) is 12.7. The molecular formula is C13H17Cs2FN2OS2. The number of thiol groups is 1. The van der Waals surface area contributed by atoms with Crippen LogP contribution in [0.25, 0.3) is 0 Å². The fourth-order valence-electron chi connectivity index (χ4n) is 1.96. The van der Waals surface area contributed by atoms with E-state index in [4.69, 9.17) is 0 Å². The molecule has 0 radical (unpaired) electrons. The van der Waals surface area contributed by atoms with Gasteiger partial charge in [0, 0.05) is 24.6 Å². The summed E-state index contributed by atoms with van der Waals surface area (Å²) in [6, 6.07) is 4.14. The molecule has 1 aliphatic rings. The Hall–Kier alpha value is 3.38. The number of nitrogens with zero attached hydrogens (tertiary/aromatic N) is 2. The van der Waals surface area contributed by atoms with Crippen molar-refractivity contribution in [2.45, 2.75) is 6.04 Å². The van der Waals surface area contributed by atoms with Gasteiger partial charge in [-0.3, -0.25) is 4.99 Å². The van der Waals surface area contributed by atoms with Gasteiger partial charge in [0.05, 0.1) is 11.6 Å². The molecule has 1 atom stereocenters. The summed E-state index contributed by atoms with van der Waals surface area (Å²) >= 11 is 7.99. The number of halogens is 1. The van der Waals surface area contributed by atoms with E-state index >= 15 is 0 Å². The van der Waals surface area contributed by atoms with E-state index in [1.807, 2.05) is 7.05 Å². The van der Waals surface area contributed by atoms with E-state index in [0.29, 0.717) is 5.56 Å². The Bertz CT molecular complexity index is 491. The van der Waals surface area contributed by atoms with Crippen LogP contribution in [0, 0.1) is 5.82 Å². The molecule has 106 valence electrons. The van der Waals surface area contributed by atoms with Gasteiger partial charge in [-0.2, -0.15) is 12.6 Å². The topological polar surface area (TPSA) is 35.8 Å². The number of phenols is 1. The van der Waals surface area contributed by atoms with E-state index < -0.39 is 0 Å². The molecule has 0 saturated heterocycles. The van der Waals surface area contributed by atoms with Crippen LogP contribution in [0.2, 0.25) is 0 Å². The van der Waals surface area contributed by atoms with Crippen LogP contribution < -0.4 is 0 Å². The molecule has 1 aliphatic heterocycles. The molecule has 1 aromatic rings. The molecule has 1 heterocycles. The predicted octanol–water partition coefficient (Wildman–Crippen LogP) is 1.49. The van der Waals surface area contributed by atoms with Crippen molar-refractivity contribution < 1.29 is 9.50 Å². The van der Waals surface area contributed by atoms with Crippen LogP contribution in [0.1, 0.15) is 5.56 Å². The third-order valence-corrected chi connectivity index (χ3v) is 4.26. The molecule has 1 aromatic carbocycles. The third-order valence-electron chi connectivity index (χ3n) is 2.91. The number of hydrogen-bond donors (Lipinski definition) is 2. The van der Waals surface area contributed by atoms with Gasteiger partial charge in [-0.05, 0) is 25.2 Å². The van der Waals surface area contributed by atoms with Crippen LogP contribution in [-0.2, 0) is 0 Å². The molecule has 1 unspecified atom stereocenters. The molecule has 0 amide bonds. The third kappa shape index (κ3) is 8.08. The van der Waals surface area contributed by atoms with E-state index in [1.165, 1.54) is 18.2 Å². The molecule has 0 aromatic heterocycles. The number of thioether (sulfide) groups is 1. The molecule has 3 nitrogen and oxygen atoms in total. The number of phenolic OH excluding ortho intramolecular Hbond substituents is 1. The average molecular weight is 566 g/mol. The number of rotatable bonds is 5. The number of aromatic hydroxyl groups is 1. The van der Waals surface area contributed by atoms with Crippen LogP contribution in [0.5, 0.6) is 5.75 Å². The SMILES string of the molecule is CN(CCS)CC1CSC(c2cc(F)ccc2O)=N1.[Cs][Cs]. The fourth-order valence-corrected chi connectivity index (χ4v) is 3.37. The zero-order valence-corrected chi connectivity index (χ0v) is 27.0. The van der Waals surface area contributed by atoms with Crippen LogP contribution in [-0.4, -0.2) is 126 Å². The molecule has 2 rings (SSSR count). The first-order valence-corrected chi connectivity index (χ1v) is 60.7. The Balaban J connectivity index is 0.00000106. The van der Waals surface area contributed by atoms with Crippen molar-refractivity contribution in [3.63, 3.8) is 0 Å². The summed E-state index contributed by atoms with van der Waals surface area (Å²) in [5.41, 5.74) is 0.490. The van der Waals surface area contributed by atoms with Gasteiger partial charge in [0.1, 0.15) is 16.6 Å². The Morgan fingerprint density at radius 3 is 2.90 bits per heavy atom. The second-order valence-corrected chi connectivity index (χ2v) is 6.00. The van der Waals surface area contributed by atoms with Gasteiger partial charge >= 0.3 is 73.6 Å². The minimum absolute atomic E-state index is 0.0806. The van der Waals surface area contributed by atoms with Gasteiger partial charge in [0.15, 0.2) is 0 Å². The Morgan fingerprint density at radius 1 is 1.52 bits per heavy atom. The summed E-state index contributed by atoms with van der Waals surface area (Å²) in [6.45, 7) is 1.77. The van der Waals surface area contributed by atoms with Crippen molar-refractivity contribution in [1.82, 2.24) is 4.90 Å². The standard InChI is InChI=1S/C13H17FN2OS2.2Cs/c1-16(4-5-18)7-10-8-19-13(15-10)11-6-9(14)2-3-12(11)17;;/h2-3,6,10,17-18H,4-5,7-8H2,1H3;;. The first-order chi connectivity index (χ1) is 10.1. The van der Waals surface area contributed by atoms with Gasteiger partial charge in [0.2, 0.25) is 0 Å². The van der Waals surface area contributed by atoms with E-state index in [9.17, 15) is 9.50 Å². The Labute approximate surface area is 188 Å². The molecule has 1 N–H and O–H groups in total. The van der Waals surface area contributed by atoms with Gasteiger partial charge in [-0.25, -0.2) is 4.39 Å². The van der Waals surface area contributed by atoms with Gasteiger partial charge in [-0.15, -0.1) is 11.8 Å². The number of benzene rings is 1. The second-order valence-electron chi connectivity index (χ2n) is 4.55. The quantitative estimate of drug-likeness (QED) is 0.531. The zero-order valence-electron chi connectivity index (χ0n) is 12.7. The first kappa shape index (κ1) is 22.4. The summed E-state index contributed by atoms with van der Waals surface area (Å²) in [7, 11) is 2.04. The molecule has 0 aliphatic carbocycles. The number of hydrogen-bond acceptors (Lipinski definition) is 5. The molecule has 0 bridgehead atoms.